The second-order valence-corrected chi connectivity index (χ2v) is 6.65. The van der Waals surface area contributed by atoms with E-state index in [9.17, 15) is 4.79 Å². The lowest BCUT2D eigenvalue weighted by Gasteiger charge is -2.34. The highest BCUT2D eigenvalue weighted by molar-refractivity contribution is 9.10. The van der Waals surface area contributed by atoms with Gasteiger partial charge in [0.05, 0.1) is 0 Å². The molecule has 0 aromatic carbocycles. The molecule has 3 rings (SSSR count). The van der Waals surface area contributed by atoms with Gasteiger partial charge >= 0.3 is 0 Å². The van der Waals surface area contributed by atoms with Crippen LogP contribution in [0.15, 0.2) is 22.8 Å². The van der Waals surface area contributed by atoms with Crippen LogP contribution >= 0.6 is 15.9 Å². The summed E-state index contributed by atoms with van der Waals surface area (Å²) in [6.07, 6.45) is 7.26. The highest BCUT2D eigenvalue weighted by atomic mass is 79.9. The van der Waals surface area contributed by atoms with Crippen LogP contribution in [0, 0.1) is 5.92 Å². The molecule has 1 saturated carbocycles. The Labute approximate surface area is 128 Å². The number of rotatable bonds is 3. The largest absolute Gasteiger partial charge is 0.357 e. The first-order valence-corrected chi connectivity index (χ1v) is 8.18. The molecule has 0 unspecified atom stereocenters. The van der Waals surface area contributed by atoms with Crippen molar-refractivity contribution in [2.75, 3.05) is 18.0 Å². The van der Waals surface area contributed by atoms with E-state index < -0.39 is 0 Å². The lowest BCUT2D eigenvalue weighted by molar-refractivity contribution is -0.126. The van der Waals surface area contributed by atoms with E-state index in [1.54, 1.807) is 0 Å². The van der Waals surface area contributed by atoms with Crippen LogP contribution in [0.4, 0.5) is 5.82 Å². The average molecular weight is 338 g/mol. The maximum Gasteiger partial charge on any atom is 0.223 e. The van der Waals surface area contributed by atoms with Crippen LogP contribution in [-0.4, -0.2) is 30.0 Å². The number of hydrogen-bond donors (Lipinski definition) is 1. The Morgan fingerprint density at radius 3 is 2.55 bits per heavy atom. The molecule has 0 bridgehead atoms. The number of halogens is 1. The number of anilines is 1. The SMILES string of the molecule is O=C(NC1CCC1)C1CCN(c2ccc(Br)cn2)CC1. The van der Waals surface area contributed by atoms with E-state index in [0.29, 0.717) is 6.04 Å². The number of aromatic nitrogens is 1. The van der Waals surface area contributed by atoms with E-state index in [2.05, 4.69) is 31.1 Å². The van der Waals surface area contributed by atoms with Crippen LogP contribution in [-0.2, 0) is 4.79 Å². The molecule has 2 heterocycles. The Hall–Kier alpha value is -1.10. The summed E-state index contributed by atoms with van der Waals surface area (Å²) in [6, 6.07) is 4.49. The van der Waals surface area contributed by atoms with Gasteiger partial charge in [-0.05, 0) is 60.2 Å². The number of piperidine rings is 1. The maximum atomic E-state index is 12.1. The van der Waals surface area contributed by atoms with E-state index in [0.717, 1.165) is 49.1 Å². The minimum Gasteiger partial charge on any atom is -0.357 e. The molecule has 0 radical (unpaired) electrons. The number of nitrogens with one attached hydrogen (secondary N) is 1. The molecule has 1 amide bonds. The van der Waals surface area contributed by atoms with Gasteiger partial charge in [-0.1, -0.05) is 0 Å². The fourth-order valence-electron chi connectivity index (χ4n) is 2.80. The van der Waals surface area contributed by atoms with Crippen molar-refractivity contribution in [1.82, 2.24) is 10.3 Å². The first kappa shape index (κ1) is 13.9. The quantitative estimate of drug-likeness (QED) is 0.922. The van der Waals surface area contributed by atoms with Crippen molar-refractivity contribution in [3.05, 3.63) is 22.8 Å². The highest BCUT2D eigenvalue weighted by Crippen LogP contribution is 2.24. The minimum absolute atomic E-state index is 0.183. The van der Waals surface area contributed by atoms with Crippen molar-refractivity contribution in [2.45, 2.75) is 38.1 Å². The van der Waals surface area contributed by atoms with Crippen LogP contribution in [0.5, 0.6) is 0 Å². The number of carbonyl (C=O) groups is 1. The third-order valence-electron chi connectivity index (χ3n) is 4.35. The van der Waals surface area contributed by atoms with Gasteiger partial charge in [-0.2, -0.15) is 0 Å². The van der Waals surface area contributed by atoms with Crippen molar-refractivity contribution in [3.8, 4) is 0 Å². The minimum atomic E-state index is 0.183. The van der Waals surface area contributed by atoms with Crippen molar-refractivity contribution in [2.24, 2.45) is 5.92 Å². The predicted molar refractivity (Wildman–Crippen MR) is 82.7 cm³/mol. The monoisotopic (exact) mass is 337 g/mol. The standard InChI is InChI=1S/C15H20BrN3O/c16-12-4-5-14(17-10-12)19-8-6-11(7-9-19)15(20)18-13-2-1-3-13/h4-5,10-11,13H,1-3,6-9H2,(H,18,20). The predicted octanol–water partition coefficient (Wildman–Crippen LogP) is 2.73. The van der Waals surface area contributed by atoms with E-state index in [4.69, 9.17) is 0 Å². The van der Waals surface area contributed by atoms with Gasteiger partial charge in [0.1, 0.15) is 5.82 Å². The summed E-state index contributed by atoms with van der Waals surface area (Å²) in [5.41, 5.74) is 0. The molecule has 1 saturated heterocycles. The number of nitrogens with zero attached hydrogens (tertiary/aromatic N) is 2. The molecule has 1 aliphatic carbocycles. The summed E-state index contributed by atoms with van der Waals surface area (Å²) in [5.74, 6) is 1.45. The fraction of sp³-hybridized carbons (Fsp3) is 0.600. The van der Waals surface area contributed by atoms with E-state index in [-0.39, 0.29) is 11.8 Å². The molecule has 2 fully saturated rings. The molecule has 1 aromatic heterocycles. The zero-order chi connectivity index (χ0) is 13.9. The van der Waals surface area contributed by atoms with Gasteiger partial charge in [-0.15, -0.1) is 0 Å². The summed E-state index contributed by atoms with van der Waals surface area (Å²) >= 11 is 3.40. The van der Waals surface area contributed by atoms with E-state index in [1.807, 2.05) is 18.3 Å². The van der Waals surface area contributed by atoms with E-state index >= 15 is 0 Å². The Morgan fingerprint density at radius 2 is 2.00 bits per heavy atom. The van der Waals surface area contributed by atoms with Gasteiger partial charge in [0.15, 0.2) is 0 Å². The van der Waals surface area contributed by atoms with Crippen molar-refractivity contribution in [1.29, 1.82) is 0 Å². The van der Waals surface area contributed by atoms with Crippen molar-refractivity contribution in [3.63, 3.8) is 0 Å². The van der Waals surface area contributed by atoms with Crippen LogP contribution in [0.1, 0.15) is 32.1 Å². The summed E-state index contributed by atoms with van der Waals surface area (Å²) in [6.45, 7) is 1.83. The summed E-state index contributed by atoms with van der Waals surface area (Å²) in [4.78, 5) is 18.8. The Morgan fingerprint density at radius 1 is 1.25 bits per heavy atom. The Bertz CT molecular complexity index is 465. The lowest BCUT2D eigenvalue weighted by atomic mass is 9.90. The normalized spacial score (nSPS) is 20.6. The highest BCUT2D eigenvalue weighted by Gasteiger charge is 2.28. The molecule has 2 aliphatic rings. The average Bonchev–Trinajstić information content (AvgIpc) is 2.44. The van der Waals surface area contributed by atoms with Crippen LogP contribution in [0.25, 0.3) is 0 Å². The molecule has 0 spiro atoms. The molecular weight excluding hydrogens is 318 g/mol. The second kappa shape index (κ2) is 6.12. The molecule has 108 valence electrons. The van der Waals surface area contributed by atoms with Gasteiger partial charge in [0.2, 0.25) is 5.91 Å². The number of hydrogen-bond acceptors (Lipinski definition) is 3. The molecule has 4 nitrogen and oxygen atoms in total. The molecule has 1 aliphatic heterocycles. The number of amides is 1. The van der Waals surface area contributed by atoms with Crippen molar-refractivity contribution >= 4 is 27.7 Å². The molecule has 5 heteroatoms. The number of pyridine rings is 1. The molecule has 0 atom stereocenters. The lowest BCUT2D eigenvalue weighted by Crippen LogP contribution is -2.46. The van der Waals surface area contributed by atoms with Gasteiger partial charge in [0.25, 0.3) is 0 Å². The van der Waals surface area contributed by atoms with E-state index in [1.165, 1.54) is 6.42 Å². The Kier molecular flexibility index (Phi) is 4.24. The molecular formula is C15H20BrN3O. The van der Waals surface area contributed by atoms with Crippen LogP contribution < -0.4 is 10.2 Å². The Balaban J connectivity index is 1.51. The zero-order valence-electron chi connectivity index (χ0n) is 11.5. The fourth-order valence-corrected chi connectivity index (χ4v) is 3.03. The van der Waals surface area contributed by atoms with Crippen molar-refractivity contribution < 1.29 is 4.79 Å². The smallest absolute Gasteiger partial charge is 0.223 e. The molecule has 20 heavy (non-hydrogen) atoms. The zero-order valence-corrected chi connectivity index (χ0v) is 13.1. The first-order chi connectivity index (χ1) is 9.72. The third kappa shape index (κ3) is 3.14. The maximum absolute atomic E-state index is 12.1. The topological polar surface area (TPSA) is 45.2 Å². The summed E-state index contributed by atoms with van der Waals surface area (Å²) in [7, 11) is 0. The van der Waals surface area contributed by atoms with Crippen LogP contribution in [0.2, 0.25) is 0 Å². The molecule has 1 N–H and O–H groups in total. The van der Waals surface area contributed by atoms with Gasteiger partial charge in [-0.25, -0.2) is 4.98 Å². The number of carbonyl (C=O) groups excluding carboxylic acids is 1. The summed E-state index contributed by atoms with van der Waals surface area (Å²) < 4.78 is 0.996. The van der Waals surface area contributed by atoms with Crippen LogP contribution in [0.3, 0.4) is 0 Å². The second-order valence-electron chi connectivity index (χ2n) is 5.73. The molecule has 1 aromatic rings. The first-order valence-electron chi connectivity index (χ1n) is 7.39. The van der Waals surface area contributed by atoms with Gasteiger partial charge in [-0.3, -0.25) is 4.79 Å². The van der Waals surface area contributed by atoms with Gasteiger partial charge in [0, 0.05) is 35.7 Å². The van der Waals surface area contributed by atoms with Gasteiger partial charge < -0.3 is 10.2 Å². The third-order valence-corrected chi connectivity index (χ3v) is 4.82. The summed E-state index contributed by atoms with van der Waals surface area (Å²) in [5, 5.41) is 3.17.